The van der Waals surface area contributed by atoms with E-state index in [2.05, 4.69) is 20.7 Å². The number of thioether (sulfide) groups is 1. The quantitative estimate of drug-likeness (QED) is 0.614. The van der Waals surface area contributed by atoms with Crippen molar-refractivity contribution in [2.75, 3.05) is 18.1 Å². The molecule has 1 aromatic rings. The molecule has 0 aliphatic carbocycles. The van der Waals surface area contributed by atoms with E-state index in [0.29, 0.717) is 13.0 Å². The van der Waals surface area contributed by atoms with Gasteiger partial charge in [-0.25, -0.2) is 13.1 Å². The van der Waals surface area contributed by atoms with Gasteiger partial charge in [0.05, 0.1) is 5.75 Å². The second-order valence-electron chi connectivity index (χ2n) is 3.52. The predicted molar refractivity (Wildman–Crippen MR) is 76.9 cm³/mol. The summed E-state index contributed by atoms with van der Waals surface area (Å²) in [6.07, 6.45) is 0.648. The Morgan fingerprint density at radius 1 is 1.29 bits per heavy atom. The number of nitrogens with one attached hydrogen (secondary N) is 1. The molecular weight excluding hydrogens is 322 g/mol. The summed E-state index contributed by atoms with van der Waals surface area (Å²) >= 11 is 5.01. The Morgan fingerprint density at radius 2 is 1.94 bits per heavy atom. The zero-order valence-corrected chi connectivity index (χ0v) is 12.9. The Kier molecular flexibility index (Phi) is 6.54. The second-order valence-corrected chi connectivity index (χ2v) is 7.53. The molecule has 0 atom stereocenters. The van der Waals surface area contributed by atoms with Crippen molar-refractivity contribution in [2.45, 2.75) is 18.2 Å². The van der Waals surface area contributed by atoms with Crippen LogP contribution >= 0.6 is 27.7 Å². The number of hydrogen-bond acceptors (Lipinski definition) is 3. The third-order valence-electron chi connectivity index (χ3n) is 1.98. The number of benzene rings is 1. The Bertz CT molecular complexity index is 431. The third-order valence-corrected chi connectivity index (χ3v) is 5.11. The van der Waals surface area contributed by atoms with Crippen molar-refractivity contribution in [1.82, 2.24) is 4.72 Å². The summed E-state index contributed by atoms with van der Waals surface area (Å²) in [6.45, 7) is 2.33. The highest BCUT2D eigenvalue weighted by atomic mass is 79.9. The smallest absolute Gasteiger partial charge is 0.211 e. The molecule has 0 saturated carbocycles. The lowest BCUT2D eigenvalue weighted by Crippen LogP contribution is -2.28. The number of rotatable bonds is 7. The van der Waals surface area contributed by atoms with Crippen molar-refractivity contribution in [1.29, 1.82) is 0 Å². The van der Waals surface area contributed by atoms with E-state index in [1.54, 1.807) is 11.8 Å². The van der Waals surface area contributed by atoms with Gasteiger partial charge >= 0.3 is 0 Å². The van der Waals surface area contributed by atoms with Crippen LogP contribution in [0.1, 0.15) is 13.3 Å². The lowest BCUT2D eigenvalue weighted by Gasteiger charge is -2.05. The van der Waals surface area contributed by atoms with Crippen LogP contribution in [0.3, 0.4) is 0 Å². The van der Waals surface area contributed by atoms with Gasteiger partial charge < -0.3 is 0 Å². The summed E-state index contributed by atoms with van der Waals surface area (Å²) in [4.78, 5) is 1.14. The number of hydrogen-bond donors (Lipinski definition) is 1. The minimum absolute atomic E-state index is 0.204. The van der Waals surface area contributed by atoms with Gasteiger partial charge in [-0.3, -0.25) is 0 Å². The molecule has 1 rings (SSSR count). The van der Waals surface area contributed by atoms with Crippen LogP contribution in [0, 0.1) is 0 Å². The Labute approximate surface area is 116 Å². The van der Waals surface area contributed by atoms with Crippen LogP contribution in [0.5, 0.6) is 0 Å². The normalized spacial score (nSPS) is 11.6. The van der Waals surface area contributed by atoms with Crippen LogP contribution in [0.15, 0.2) is 33.6 Å². The summed E-state index contributed by atoms with van der Waals surface area (Å²) < 4.78 is 26.4. The zero-order valence-electron chi connectivity index (χ0n) is 9.65. The summed E-state index contributed by atoms with van der Waals surface area (Å²) in [5.41, 5.74) is 0. The van der Waals surface area contributed by atoms with E-state index in [0.717, 1.165) is 15.1 Å². The van der Waals surface area contributed by atoms with Gasteiger partial charge in [0.1, 0.15) is 0 Å². The molecule has 17 heavy (non-hydrogen) atoms. The maximum absolute atomic E-state index is 11.4. The SMILES string of the molecule is CCCS(=O)(=O)NCCSc1ccc(Br)cc1. The minimum atomic E-state index is -3.06. The first-order valence-corrected chi connectivity index (χ1v) is 8.82. The Hall–Kier alpha value is -0.0400. The van der Waals surface area contributed by atoms with Gasteiger partial charge in [0.2, 0.25) is 10.0 Å². The molecule has 0 unspecified atom stereocenters. The van der Waals surface area contributed by atoms with Gasteiger partial charge in [-0.1, -0.05) is 22.9 Å². The third kappa shape index (κ3) is 6.45. The molecule has 1 aromatic carbocycles. The Morgan fingerprint density at radius 3 is 2.53 bits per heavy atom. The van der Waals surface area contributed by atoms with Crippen molar-refractivity contribution < 1.29 is 8.42 Å². The second kappa shape index (κ2) is 7.41. The number of halogens is 1. The summed E-state index contributed by atoms with van der Waals surface area (Å²) in [5.74, 6) is 0.945. The van der Waals surface area contributed by atoms with E-state index in [-0.39, 0.29) is 5.75 Å². The van der Waals surface area contributed by atoms with Crippen LogP contribution in [-0.2, 0) is 10.0 Å². The topological polar surface area (TPSA) is 46.2 Å². The summed E-state index contributed by atoms with van der Waals surface area (Å²) in [5, 5.41) is 0. The van der Waals surface area contributed by atoms with Crippen LogP contribution < -0.4 is 4.72 Å². The predicted octanol–water partition coefficient (Wildman–Crippen LogP) is 2.87. The average molecular weight is 338 g/mol. The lowest BCUT2D eigenvalue weighted by molar-refractivity contribution is 0.583. The standard InChI is InChI=1S/C11H16BrNO2S2/c1-2-9-17(14,15)13-7-8-16-11-5-3-10(12)4-6-11/h3-6,13H,2,7-9H2,1H3. The molecule has 0 aliphatic rings. The van der Waals surface area contributed by atoms with Gasteiger partial charge in [0, 0.05) is 21.7 Å². The molecule has 0 bridgehead atoms. The van der Waals surface area contributed by atoms with Crippen molar-refractivity contribution in [3.63, 3.8) is 0 Å². The summed E-state index contributed by atoms with van der Waals surface area (Å²) in [7, 11) is -3.06. The average Bonchev–Trinajstić information content (AvgIpc) is 2.27. The molecule has 3 nitrogen and oxygen atoms in total. The van der Waals surface area contributed by atoms with Gasteiger partial charge in [-0.05, 0) is 30.7 Å². The van der Waals surface area contributed by atoms with Gasteiger partial charge in [0.25, 0.3) is 0 Å². The van der Waals surface area contributed by atoms with E-state index < -0.39 is 10.0 Å². The van der Waals surface area contributed by atoms with Gasteiger partial charge in [-0.2, -0.15) is 0 Å². The molecule has 0 aromatic heterocycles. The molecule has 0 spiro atoms. The fraction of sp³-hybridized carbons (Fsp3) is 0.455. The van der Waals surface area contributed by atoms with Crippen molar-refractivity contribution in [2.24, 2.45) is 0 Å². The highest BCUT2D eigenvalue weighted by molar-refractivity contribution is 9.10. The van der Waals surface area contributed by atoms with Crippen LogP contribution in [0.25, 0.3) is 0 Å². The van der Waals surface area contributed by atoms with Crippen molar-refractivity contribution in [3.8, 4) is 0 Å². The molecule has 1 N–H and O–H groups in total. The summed E-state index contributed by atoms with van der Waals surface area (Å²) in [6, 6.07) is 7.97. The molecule has 0 aliphatic heterocycles. The maximum atomic E-state index is 11.4. The molecule has 0 saturated heterocycles. The van der Waals surface area contributed by atoms with Gasteiger partial charge in [0.15, 0.2) is 0 Å². The molecule has 0 radical (unpaired) electrons. The van der Waals surface area contributed by atoms with Crippen molar-refractivity contribution >= 4 is 37.7 Å². The molecule has 0 amide bonds. The lowest BCUT2D eigenvalue weighted by atomic mass is 10.4. The van der Waals surface area contributed by atoms with E-state index >= 15 is 0 Å². The van der Waals surface area contributed by atoms with E-state index in [9.17, 15) is 8.42 Å². The molecule has 96 valence electrons. The van der Waals surface area contributed by atoms with E-state index in [4.69, 9.17) is 0 Å². The Balaban J connectivity index is 2.27. The fourth-order valence-electron chi connectivity index (χ4n) is 1.24. The monoisotopic (exact) mass is 337 g/mol. The zero-order chi connectivity index (χ0) is 12.7. The fourth-order valence-corrected chi connectivity index (χ4v) is 3.49. The molecule has 6 heteroatoms. The highest BCUT2D eigenvalue weighted by Crippen LogP contribution is 2.19. The molecule has 0 fully saturated rings. The first-order chi connectivity index (χ1) is 8.03. The van der Waals surface area contributed by atoms with Crippen LogP contribution in [0.4, 0.5) is 0 Å². The van der Waals surface area contributed by atoms with Crippen molar-refractivity contribution in [3.05, 3.63) is 28.7 Å². The first-order valence-electron chi connectivity index (χ1n) is 5.39. The first kappa shape index (κ1) is 15.0. The number of sulfonamides is 1. The maximum Gasteiger partial charge on any atom is 0.211 e. The molecular formula is C11H16BrNO2S2. The van der Waals surface area contributed by atoms with E-state index in [1.807, 2.05) is 31.2 Å². The van der Waals surface area contributed by atoms with Gasteiger partial charge in [-0.15, -0.1) is 11.8 Å². The van der Waals surface area contributed by atoms with Crippen LogP contribution in [-0.4, -0.2) is 26.5 Å². The molecule has 0 heterocycles. The van der Waals surface area contributed by atoms with Crippen LogP contribution in [0.2, 0.25) is 0 Å². The largest absolute Gasteiger partial charge is 0.214 e. The highest BCUT2D eigenvalue weighted by Gasteiger charge is 2.06. The minimum Gasteiger partial charge on any atom is -0.214 e. The van der Waals surface area contributed by atoms with E-state index in [1.165, 1.54) is 0 Å².